The highest BCUT2D eigenvalue weighted by atomic mass is 79.9. The van der Waals surface area contributed by atoms with E-state index in [0.29, 0.717) is 18.7 Å². The van der Waals surface area contributed by atoms with E-state index in [1.807, 2.05) is 6.92 Å². The van der Waals surface area contributed by atoms with Crippen molar-refractivity contribution in [1.82, 2.24) is 9.78 Å². The van der Waals surface area contributed by atoms with Gasteiger partial charge in [0.1, 0.15) is 11.4 Å². The fourth-order valence-electron chi connectivity index (χ4n) is 2.27. The van der Waals surface area contributed by atoms with Gasteiger partial charge < -0.3 is 5.11 Å². The van der Waals surface area contributed by atoms with Crippen molar-refractivity contribution in [3.05, 3.63) is 52.0 Å². The van der Waals surface area contributed by atoms with Crippen LogP contribution in [0.5, 0.6) is 0 Å². The lowest BCUT2D eigenvalue weighted by Crippen LogP contribution is -2.28. The number of nitrogens with zero attached hydrogens (tertiary/aromatic N) is 2. The summed E-state index contributed by atoms with van der Waals surface area (Å²) in [7, 11) is 0. The molecule has 1 unspecified atom stereocenters. The van der Waals surface area contributed by atoms with Gasteiger partial charge in [-0.25, -0.2) is 4.39 Å². The molecule has 1 aromatic heterocycles. The maximum atomic E-state index is 13.2. The molecule has 1 aromatic carbocycles. The monoisotopic (exact) mass is 326 g/mol. The molecule has 102 valence electrons. The Morgan fingerprint density at radius 3 is 2.84 bits per heavy atom. The summed E-state index contributed by atoms with van der Waals surface area (Å²) >= 11 is 3.40. The van der Waals surface area contributed by atoms with E-state index in [-0.39, 0.29) is 5.82 Å². The predicted molar refractivity (Wildman–Crippen MR) is 75.3 cm³/mol. The second-order valence-corrected chi connectivity index (χ2v) is 5.59. The molecule has 5 heteroatoms. The first-order valence-electron chi connectivity index (χ1n) is 6.12. The highest BCUT2D eigenvalue weighted by molar-refractivity contribution is 9.10. The SMILES string of the molecule is CCn1ncc(Br)c1C(C)(O)Cc1cccc(F)c1. The lowest BCUT2D eigenvalue weighted by Gasteiger charge is -2.25. The molecule has 0 radical (unpaired) electrons. The zero-order valence-electron chi connectivity index (χ0n) is 10.9. The standard InChI is InChI=1S/C14H16BrFN2O/c1-3-18-13(12(15)9-17-18)14(2,19)8-10-5-4-6-11(16)7-10/h4-7,9,19H,3,8H2,1-2H3. The topological polar surface area (TPSA) is 38.0 Å². The van der Waals surface area contributed by atoms with Crippen LogP contribution < -0.4 is 0 Å². The third-order valence-corrected chi connectivity index (χ3v) is 3.62. The van der Waals surface area contributed by atoms with Gasteiger partial charge in [-0.05, 0) is 47.5 Å². The molecule has 3 nitrogen and oxygen atoms in total. The maximum Gasteiger partial charge on any atom is 0.123 e. The normalized spacial score (nSPS) is 14.4. The molecule has 1 atom stereocenters. The lowest BCUT2D eigenvalue weighted by atomic mass is 9.93. The minimum atomic E-state index is -1.11. The van der Waals surface area contributed by atoms with E-state index in [9.17, 15) is 9.50 Å². The molecule has 0 saturated carbocycles. The first kappa shape index (κ1) is 14.2. The molecule has 1 N–H and O–H groups in total. The number of hydrogen-bond donors (Lipinski definition) is 1. The summed E-state index contributed by atoms with van der Waals surface area (Å²) in [5.41, 5.74) is 0.346. The fraction of sp³-hybridized carbons (Fsp3) is 0.357. The van der Waals surface area contributed by atoms with E-state index in [4.69, 9.17) is 0 Å². The predicted octanol–water partition coefficient (Wildman–Crippen LogP) is 3.25. The van der Waals surface area contributed by atoms with Gasteiger partial charge >= 0.3 is 0 Å². The van der Waals surface area contributed by atoms with Gasteiger partial charge in [0.15, 0.2) is 0 Å². The molecule has 0 aliphatic carbocycles. The van der Waals surface area contributed by atoms with Crippen molar-refractivity contribution in [3.63, 3.8) is 0 Å². The van der Waals surface area contributed by atoms with E-state index in [1.165, 1.54) is 12.1 Å². The Kier molecular flexibility index (Phi) is 4.06. The van der Waals surface area contributed by atoms with Gasteiger partial charge in [-0.15, -0.1) is 0 Å². The Balaban J connectivity index is 2.34. The highest BCUT2D eigenvalue weighted by Gasteiger charge is 2.30. The van der Waals surface area contributed by atoms with Crippen LogP contribution in [0.4, 0.5) is 4.39 Å². The van der Waals surface area contributed by atoms with E-state index >= 15 is 0 Å². The number of benzene rings is 1. The minimum absolute atomic E-state index is 0.295. The van der Waals surface area contributed by atoms with Crippen molar-refractivity contribution in [2.75, 3.05) is 0 Å². The number of halogens is 2. The number of rotatable bonds is 4. The summed E-state index contributed by atoms with van der Waals surface area (Å²) in [6.45, 7) is 4.34. The van der Waals surface area contributed by atoms with Crippen molar-refractivity contribution in [2.45, 2.75) is 32.4 Å². The van der Waals surface area contributed by atoms with Crippen molar-refractivity contribution in [2.24, 2.45) is 0 Å². The van der Waals surface area contributed by atoms with Crippen molar-refractivity contribution in [3.8, 4) is 0 Å². The second kappa shape index (κ2) is 5.43. The van der Waals surface area contributed by atoms with Gasteiger partial charge in [-0.2, -0.15) is 5.10 Å². The zero-order valence-corrected chi connectivity index (χ0v) is 12.5. The molecule has 0 aliphatic rings. The summed E-state index contributed by atoms with van der Waals surface area (Å²) in [5, 5.41) is 14.9. The molecule has 0 amide bonds. The molecule has 1 heterocycles. The Morgan fingerprint density at radius 1 is 1.47 bits per heavy atom. The van der Waals surface area contributed by atoms with E-state index in [0.717, 1.165) is 10.0 Å². The molecule has 0 fully saturated rings. The molecule has 19 heavy (non-hydrogen) atoms. The van der Waals surface area contributed by atoms with E-state index in [1.54, 1.807) is 29.9 Å². The summed E-state index contributed by atoms with van der Waals surface area (Å²) in [5.74, 6) is -0.295. The second-order valence-electron chi connectivity index (χ2n) is 4.74. The Bertz CT molecular complexity index is 581. The van der Waals surface area contributed by atoms with Crippen LogP contribution in [0.15, 0.2) is 34.9 Å². The molecule has 0 aliphatic heterocycles. The average Bonchev–Trinajstić information content (AvgIpc) is 2.70. The maximum absolute atomic E-state index is 13.2. The van der Waals surface area contributed by atoms with Gasteiger partial charge in [-0.3, -0.25) is 4.68 Å². The van der Waals surface area contributed by atoms with E-state index < -0.39 is 5.60 Å². The van der Waals surface area contributed by atoms with Gasteiger partial charge in [0, 0.05) is 13.0 Å². The highest BCUT2D eigenvalue weighted by Crippen LogP contribution is 2.31. The van der Waals surface area contributed by atoms with Crippen LogP contribution in [0.3, 0.4) is 0 Å². The van der Waals surface area contributed by atoms with Crippen LogP contribution >= 0.6 is 15.9 Å². The number of aliphatic hydroxyl groups is 1. The van der Waals surface area contributed by atoms with Crippen LogP contribution in [-0.4, -0.2) is 14.9 Å². The van der Waals surface area contributed by atoms with Crippen LogP contribution in [0.2, 0.25) is 0 Å². The van der Waals surface area contributed by atoms with Crippen molar-refractivity contribution >= 4 is 15.9 Å². The lowest BCUT2D eigenvalue weighted by molar-refractivity contribution is 0.0472. The van der Waals surface area contributed by atoms with Gasteiger partial charge in [0.2, 0.25) is 0 Å². The molecular formula is C14H16BrFN2O. The number of aromatic nitrogens is 2. The Morgan fingerprint density at radius 2 is 2.21 bits per heavy atom. The molecule has 2 aromatic rings. The number of aryl methyl sites for hydroxylation is 1. The van der Waals surface area contributed by atoms with Crippen molar-refractivity contribution in [1.29, 1.82) is 0 Å². The quantitative estimate of drug-likeness (QED) is 0.936. The summed E-state index contributed by atoms with van der Waals surface area (Å²) in [6, 6.07) is 6.28. The molecule has 0 bridgehead atoms. The van der Waals surface area contributed by atoms with Crippen molar-refractivity contribution < 1.29 is 9.50 Å². The third kappa shape index (κ3) is 3.04. The molecule has 0 spiro atoms. The third-order valence-electron chi connectivity index (χ3n) is 3.04. The average molecular weight is 327 g/mol. The Hall–Kier alpha value is -1.20. The van der Waals surface area contributed by atoms with Gasteiger partial charge in [0.05, 0.1) is 16.4 Å². The molecule has 0 saturated heterocycles. The van der Waals surface area contributed by atoms with Gasteiger partial charge in [0.25, 0.3) is 0 Å². The number of hydrogen-bond acceptors (Lipinski definition) is 2. The summed E-state index contributed by atoms with van der Waals surface area (Å²) in [6.07, 6.45) is 1.99. The smallest absolute Gasteiger partial charge is 0.123 e. The Labute approximate surface area is 120 Å². The van der Waals surface area contributed by atoms with Crippen LogP contribution in [0.25, 0.3) is 0 Å². The first-order valence-corrected chi connectivity index (χ1v) is 6.92. The van der Waals surface area contributed by atoms with Crippen LogP contribution in [0, 0.1) is 5.82 Å². The zero-order chi connectivity index (χ0) is 14.0. The van der Waals surface area contributed by atoms with Crippen LogP contribution in [-0.2, 0) is 18.6 Å². The first-order chi connectivity index (χ1) is 8.94. The minimum Gasteiger partial charge on any atom is -0.383 e. The summed E-state index contributed by atoms with van der Waals surface area (Å²) in [4.78, 5) is 0. The molecule has 2 rings (SSSR count). The molecular weight excluding hydrogens is 311 g/mol. The summed E-state index contributed by atoms with van der Waals surface area (Å²) < 4.78 is 15.7. The van der Waals surface area contributed by atoms with Gasteiger partial charge in [-0.1, -0.05) is 12.1 Å². The largest absolute Gasteiger partial charge is 0.383 e. The fourth-order valence-corrected chi connectivity index (χ4v) is 2.99. The van der Waals surface area contributed by atoms with Crippen LogP contribution in [0.1, 0.15) is 25.1 Å². The van der Waals surface area contributed by atoms with E-state index in [2.05, 4.69) is 21.0 Å².